The van der Waals surface area contributed by atoms with Gasteiger partial charge in [-0.2, -0.15) is 5.10 Å². The first kappa shape index (κ1) is 10.2. The molecule has 1 heterocycles. The van der Waals surface area contributed by atoms with Crippen molar-refractivity contribution in [1.82, 2.24) is 9.78 Å². The molecule has 4 heteroatoms. The summed E-state index contributed by atoms with van der Waals surface area (Å²) in [5.74, 6) is 0. The van der Waals surface area contributed by atoms with Crippen LogP contribution in [0, 0.1) is 6.92 Å². The molecule has 2 rings (SSSR count). The molecule has 0 saturated carbocycles. The van der Waals surface area contributed by atoms with Gasteiger partial charge in [-0.25, -0.2) is 4.68 Å². The third kappa shape index (κ3) is 2.03. The molecule has 78 valence electrons. The van der Waals surface area contributed by atoms with Crippen molar-refractivity contribution >= 4 is 11.6 Å². The van der Waals surface area contributed by atoms with E-state index in [9.17, 15) is 0 Å². The molecule has 2 N–H and O–H groups in total. The van der Waals surface area contributed by atoms with E-state index in [1.165, 1.54) is 0 Å². The van der Waals surface area contributed by atoms with Crippen molar-refractivity contribution < 1.29 is 0 Å². The van der Waals surface area contributed by atoms with Crippen molar-refractivity contribution in [2.45, 2.75) is 13.5 Å². The topological polar surface area (TPSA) is 43.8 Å². The van der Waals surface area contributed by atoms with Gasteiger partial charge in [0, 0.05) is 17.8 Å². The average Bonchev–Trinajstić information content (AvgIpc) is 2.65. The highest BCUT2D eigenvalue weighted by Gasteiger charge is 2.02. The molecule has 0 aliphatic rings. The molecule has 1 aromatic carbocycles. The average molecular weight is 222 g/mol. The molecular weight excluding hydrogens is 210 g/mol. The number of nitrogens with two attached hydrogens (primary N) is 1. The molecule has 1 aromatic heterocycles. The lowest BCUT2D eigenvalue weighted by molar-refractivity contribution is 0.878. The fourth-order valence-corrected chi connectivity index (χ4v) is 1.65. The Hall–Kier alpha value is -1.32. The Labute approximate surface area is 93.5 Å². The van der Waals surface area contributed by atoms with Crippen molar-refractivity contribution in [3.8, 4) is 5.69 Å². The SMILES string of the molecule is Cc1cnn(-c2ccc(CN)c(Cl)c2)c1. The zero-order valence-electron chi connectivity index (χ0n) is 8.44. The van der Waals surface area contributed by atoms with Gasteiger partial charge in [-0.05, 0) is 30.2 Å². The summed E-state index contributed by atoms with van der Waals surface area (Å²) in [7, 11) is 0. The minimum Gasteiger partial charge on any atom is -0.326 e. The van der Waals surface area contributed by atoms with Crippen molar-refractivity contribution in [2.75, 3.05) is 0 Å². The number of aromatic nitrogens is 2. The Morgan fingerprint density at radius 3 is 2.80 bits per heavy atom. The van der Waals surface area contributed by atoms with Crippen molar-refractivity contribution in [1.29, 1.82) is 0 Å². The monoisotopic (exact) mass is 221 g/mol. The standard InChI is InChI=1S/C11H12ClN3/c1-8-6-14-15(7-8)10-3-2-9(5-13)11(12)4-10/h2-4,6-7H,5,13H2,1H3. The van der Waals surface area contributed by atoms with Gasteiger partial charge in [-0.1, -0.05) is 17.7 Å². The second kappa shape index (κ2) is 4.04. The molecule has 0 amide bonds. The molecule has 0 atom stereocenters. The molecule has 0 fully saturated rings. The molecule has 0 aliphatic heterocycles. The van der Waals surface area contributed by atoms with Crippen LogP contribution in [0.1, 0.15) is 11.1 Å². The van der Waals surface area contributed by atoms with Crippen molar-refractivity contribution in [2.24, 2.45) is 5.73 Å². The number of nitrogens with zero attached hydrogens (tertiary/aromatic N) is 2. The second-order valence-corrected chi connectivity index (χ2v) is 3.85. The van der Waals surface area contributed by atoms with E-state index in [4.69, 9.17) is 17.3 Å². The summed E-state index contributed by atoms with van der Waals surface area (Å²) in [6, 6.07) is 5.76. The number of halogens is 1. The lowest BCUT2D eigenvalue weighted by Crippen LogP contribution is -1.99. The smallest absolute Gasteiger partial charge is 0.0660 e. The number of hydrogen-bond acceptors (Lipinski definition) is 2. The van der Waals surface area contributed by atoms with Crippen LogP contribution in [0.5, 0.6) is 0 Å². The third-order valence-corrected chi connectivity index (χ3v) is 2.58. The summed E-state index contributed by atoms with van der Waals surface area (Å²) in [4.78, 5) is 0. The maximum Gasteiger partial charge on any atom is 0.0660 e. The largest absolute Gasteiger partial charge is 0.326 e. The van der Waals surface area contributed by atoms with Gasteiger partial charge in [0.05, 0.1) is 11.9 Å². The summed E-state index contributed by atoms with van der Waals surface area (Å²) in [5.41, 5.74) is 8.55. The van der Waals surface area contributed by atoms with Crippen LogP contribution in [0.2, 0.25) is 5.02 Å². The maximum absolute atomic E-state index is 6.07. The van der Waals surface area contributed by atoms with Gasteiger partial charge in [0.15, 0.2) is 0 Å². The Morgan fingerprint density at radius 1 is 1.47 bits per heavy atom. The van der Waals surface area contributed by atoms with E-state index < -0.39 is 0 Å². The van der Waals surface area contributed by atoms with E-state index in [0.717, 1.165) is 16.8 Å². The van der Waals surface area contributed by atoms with Gasteiger partial charge in [0.1, 0.15) is 0 Å². The van der Waals surface area contributed by atoms with E-state index in [0.29, 0.717) is 11.6 Å². The molecular formula is C11H12ClN3. The van der Waals surface area contributed by atoms with Crippen LogP contribution >= 0.6 is 11.6 Å². The number of hydrogen-bond donors (Lipinski definition) is 1. The summed E-state index contributed by atoms with van der Waals surface area (Å²) in [6.07, 6.45) is 3.76. The maximum atomic E-state index is 6.07. The molecule has 3 nitrogen and oxygen atoms in total. The van der Waals surface area contributed by atoms with Crippen LogP contribution in [0.3, 0.4) is 0 Å². The predicted octanol–water partition coefficient (Wildman–Crippen LogP) is 2.29. The number of rotatable bonds is 2. The highest BCUT2D eigenvalue weighted by atomic mass is 35.5. The number of aryl methyl sites for hydroxylation is 1. The lowest BCUT2D eigenvalue weighted by Gasteiger charge is -2.05. The molecule has 0 spiro atoms. The Kier molecular flexibility index (Phi) is 2.75. The van der Waals surface area contributed by atoms with Crippen LogP contribution in [0.25, 0.3) is 5.69 Å². The molecule has 0 aliphatic carbocycles. The van der Waals surface area contributed by atoms with Gasteiger partial charge in [0.2, 0.25) is 0 Å². The second-order valence-electron chi connectivity index (χ2n) is 3.44. The molecule has 0 radical (unpaired) electrons. The molecule has 15 heavy (non-hydrogen) atoms. The van der Waals surface area contributed by atoms with Gasteiger partial charge >= 0.3 is 0 Å². The lowest BCUT2D eigenvalue weighted by atomic mass is 10.2. The van der Waals surface area contributed by atoms with Gasteiger partial charge in [-0.3, -0.25) is 0 Å². The van der Waals surface area contributed by atoms with Gasteiger partial charge < -0.3 is 5.73 Å². The Bertz CT molecular complexity index is 476. The minimum absolute atomic E-state index is 0.456. The Morgan fingerprint density at radius 2 is 2.27 bits per heavy atom. The van der Waals surface area contributed by atoms with Crippen LogP contribution in [0.4, 0.5) is 0 Å². The highest BCUT2D eigenvalue weighted by molar-refractivity contribution is 6.31. The molecule has 2 aromatic rings. The van der Waals surface area contributed by atoms with E-state index in [1.807, 2.05) is 37.5 Å². The van der Waals surface area contributed by atoms with E-state index >= 15 is 0 Å². The van der Waals surface area contributed by atoms with Crippen LogP contribution < -0.4 is 5.73 Å². The summed E-state index contributed by atoms with van der Waals surface area (Å²) >= 11 is 6.07. The molecule has 0 unspecified atom stereocenters. The van der Waals surface area contributed by atoms with Crippen LogP contribution in [0.15, 0.2) is 30.6 Å². The summed E-state index contributed by atoms with van der Waals surface area (Å²) < 4.78 is 1.79. The first-order chi connectivity index (χ1) is 7.20. The molecule has 0 bridgehead atoms. The number of benzene rings is 1. The fraction of sp³-hybridized carbons (Fsp3) is 0.182. The first-order valence-electron chi connectivity index (χ1n) is 4.71. The zero-order valence-corrected chi connectivity index (χ0v) is 9.20. The third-order valence-electron chi connectivity index (χ3n) is 2.23. The van der Waals surface area contributed by atoms with Crippen LogP contribution in [-0.2, 0) is 6.54 Å². The van der Waals surface area contributed by atoms with Crippen LogP contribution in [-0.4, -0.2) is 9.78 Å². The minimum atomic E-state index is 0.456. The summed E-state index contributed by atoms with van der Waals surface area (Å²) in [6.45, 7) is 2.45. The summed E-state index contributed by atoms with van der Waals surface area (Å²) in [5, 5.41) is 4.89. The normalized spacial score (nSPS) is 10.6. The van der Waals surface area contributed by atoms with Gasteiger partial charge in [0.25, 0.3) is 0 Å². The highest BCUT2D eigenvalue weighted by Crippen LogP contribution is 2.19. The predicted molar refractivity (Wildman–Crippen MR) is 61.2 cm³/mol. The van der Waals surface area contributed by atoms with Crippen molar-refractivity contribution in [3.63, 3.8) is 0 Å². The van der Waals surface area contributed by atoms with E-state index in [1.54, 1.807) is 4.68 Å². The molecule has 0 saturated heterocycles. The van der Waals surface area contributed by atoms with E-state index in [2.05, 4.69) is 5.10 Å². The van der Waals surface area contributed by atoms with Gasteiger partial charge in [-0.15, -0.1) is 0 Å². The van der Waals surface area contributed by atoms with Crippen molar-refractivity contribution in [3.05, 3.63) is 46.7 Å². The quantitative estimate of drug-likeness (QED) is 0.846. The Balaban J connectivity index is 2.42. The first-order valence-corrected chi connectivity index (χ1v) is 5.08. The van der Waals surface area contributed by atoms with E-state index in [-0.39, 0.29) is 0 Å². The zero-order chi connectivity index (χ0) is 10.8. The fourth-order valence-electron chi connectivity index (χ4n) is 1.40.